The van der Waals surface area contributed by atoms with Crippen LogP contribution in [0.3, 0.4) is 0 Å². The molecule has 0 aliphatic carbocycles. The standard InChI is InChI=1S/C11H17NO3S/c1-3-12(8-9-16(13,14)15)11-6-4-10(2)5-7-11/h4-7H,3,8-9H2,1-2H3,(H,13,14,15). The van der Waals surface area contributed by atoms with Gasteiger partial charge in [0.15, 0.2) is 0 Å². The van der Waals surface area contributed by atoms with Gasteiger partial charge >= 0.3 is 0 Å². The summed E-state index contributed by atoms with van der Waals surface area (Å²) in [4.78, 5) is 1.91. The van der Waals surface area contributed by atoms with Crippen molar-refractivity contribution in [2.75, 3.05) is 23.7 Å². The number of nitrogens with zero attached hydrogens (tertiary/aromatic N) is 1. The summed E-state index contributed by atoms with van der Waals surface area (Å²) in [5, 5.41) is 0. The van der Waals surface area contributed by atoms with Gasteiger partial charge < -0.3 is 4.90 Å². The largest absolute Gasteiger partial charge is 0.371 e. The molecule has 0 heterocycles. The molecule has 0 unspecified atom stereocenters. The molecule has 0 spiro atoms. The maximum Gasteiger partial charge on any atom is 0.266 e. The Labute approximate surface area is 96.6 Å². The van der Waals surface area contributed by atoms with Gasteiger partial charge in [0, 0.05) is 18.8 Å². The van der Waals surface area contributed by atoms with Gasteiger partial charge in [-0.1, -0.05) is 17.7 Å². The van der Waals surface area contributed by atoms with Gasteiger partial charge in [-0.25, -0.2) is 0 Å². The van der Waals surface area contributed by atoms with Crippen LogP contribution < -0.4 is 4.90 Å². The van der Waals surface area contributed by atoms with Gasteiger partial charge in [-0.05, 0) is 26.0 Å². The van der Waals surface area contributed by atoms with E-state index in [1.807, 2.05) is 43.0 Å². The molecule has 0 aliphatic rings. The Morgan fingerprint density at radius 3 is 2.25 bits per heavy atom. The molecule has 1 N–H and O–H groups in total. The molecular weight excluding hydrogens is 226 g/mol. The first kappa shape index (κ1) is 13.0. The summed E-state index contributed by atoms with van der Waals surface area (Å²) in [5.41, 5.74) is 2.13. The summed E-state index contributed by atoms with van der Waals surface area (Å²) in [6.45, 7) is 4.96. The van der Waals surface area contributed by atoms with E-state index in [-0.39, 0.29) is 5.75 Å². The summed E-state index contributed by atoms with van der Waals surface area (Å²) in [7, 11) is -3.89. The highest BCUT2D eigenvalue weighted by Crippen LogP contribution is 2.14. The molecule has 0 saturated carbocycles. The number of hydrogen-bond donors (Lipinski definition) is 1. The number of anilines is 1. The lowest BCUT2D eigenvalue weighted by Crippen LogP contribution is -2.28. The Balaban J connectivity index is 2.71. The highest BCUT2D eigenvalue weighted by Gasteiger charge is 2.09. The minimum Gasteiger partial charge on any atom is -0.371 e. The van der Waals surface area contributed by atoms with Crippen LogP contribution in [0.25, 0.3) is 0 Å². The minimum atomic E-state index is -3.89. The van der Waals surface area contributed by atoms with Gasteiger partial charge in [0.2, 0.25) is 0 Å². The third kappa shape index (κ3) is 4.20. The topological polar surface area (TPSA) is 57.6 Å². The van der Waals surface area contributed by atoms with Gasteiger partial charge in [-0.3, -0.25) is 4.55 Å². The molecule has 4 nitrogen and oxygen atoms in total. The fourth-order valence-electron chi connectivity index (χ4n) is 1.45. The van der Waals surface area contributed by atoms with Crippen LogP contribution in [0.4, 0.5) is 5.69 Å². The third-order valence-electron chi connectivity index (χ3n) is 2.40. The van der Waals surface area contributed by atoms with Crippen LogP contribution in [0.2, 0.25) is 0 Å². The first-order valence-electron chi connectivity index (χ1n) is 5.19. The molecule has 0 fully saturated rings. The van der Waals surface area contributed by atoms with E-state index in [1.54, 1.807) is 0 Å². The summed E-state index contributed by atoms with van der Waals surface area (Å²) >= 11 is 0. The van der Waals surface area contributed by atoms with E-state index in [1.165, 1.54) is 0 Å². The van der Waals surface area contributed by atoms with E-state index in [0.717, 1.165) is 11.3 Å². The fraction of sp³-hybridized carbons (Fsp3) is 0.455. The van der Waals surface area contributed by atoms with E-state index < -0.39 is 10.1 Å². The van der Waals surface area contributed by atoms with Crippen molar-refractivity contribution < 1.29 is 13.0 Å². The molecular formula is C11H17NO3S. The summed E-state index contributed by atoms with van der Waals surface area (Å²) in [6.07, 6.45) is 0. The van der Waals surface area contributed by atoms with Crippen molar-refractivity contribution in [2.45, 2.75) is 13.8 Å². The smallest absolute Gasteiger partial charge is 0.266 e. The molecule has 0 amide bonds. The van der Waals surface area contributed by atoms with Gasteiger partial charge in [0.25, 0.3) is 10.1 Å². The zero-order valence-electron chi connectivity index (χ0n) is 9.55. The average molecular weight is 243 g/mol. The van der Waals surface area contributed by atoms with Crippen LogP contribution in [-0.2, 0) is 10.1 Å². The molecule has 1 aromatic carbocycles. The zero-order valence-corrected chi connectivity index (χ0v) is 10.4. The Morgan fingerprint density at radius 2 is 1.81 bits per heavy atom. The number of hydrogen-bond acceptors (Lipinski definition) is 3. The third-order valence-corrected chi connectivity index (χ3v) is 3.10. The lowest BCUT2D eigenvalue weighted by atomic mass is 10.2. The zero-order chi connectivity index (χ0) is 12.2. The molecule has 0 aromatic heterocycles. The van der Waals surface area contributed by atoms with Crippen molar-refractivity contribution in [3.63, 3.8) is 0 Å². The fourth-order valence-corrected chi connectivity index (χ4v) is 1.90. The quantitative estimate of drug-likeness (QED) is 0.800. The molecule has 5 heteroatoms. The number of rotatable bonds is 5. The van der Waals surface area contributed by atoms with E-state index in [0.29, 0.717) is 13.1 Å². The molecule has 1 rings (SSSR count). The molecule has 0 saturated heterocycles. The van der Waals surface area contributed by atoms with Crippen molar-refractivity contribution in [1.29, 1.82) is 0 Å². The van der Waals surface area contributed by atoms with Gasteiger partial charge in [-0.15, -0.1) is 0 Å². The molecule has 90 valence electrons. The van der Waals surface area contributed by atoms with Crippen LogP contribution in [0, 0.1) is 6.92 Å². The maximum atomic E-state index is 10.7. The summed E-state index contributed by atoms with van der Waals surface area (Å²) < 4.78 is 30.0. The van der Waals surface area contributed by atoms with Crippen LogP contribution >= 0.6 is 0 Å². The lowest BCUT2D eigenvalue weighted by molar-refractivity contribution is 0.482. The normalized spacial score (nSPS) is 11.4. The molecule has 0 atom stereocenters. The van der Waals surface area contributed by atoms with E-state index in [2.05, 4.69) is 0 Å². The predicted molar refractivity (Wildman–Crippen MR) is 65.5 cm³/mol. The Kier molecular flexibility index (Phi) is 4.32. The van der Waals surface area contributed by atoms with Crippen LogP contribution in [0.1, 0.15) is 12.5 Å². The second-order valence-electron chi connectivity index (χ2n) is 3.70. The molecule has 0 aliphatic heterocycles. The van der Waals surface area contributed by atoms with Crippen molar-refractivity contribution in [3.05, 3.63) is 29.8 Å². The highest BCUT2D eigenvalue weighted by molar-refractivity contribution is 7.85. The SMILES string of the molecule is CCN(CCS(=O)(=O)O)c1ccc(C)cc1. The van der Waals surface area contributed by atoms with E-state index in [9.17, 15) is 8.42 Å². The van der Waals surface area contributed by atoms with Gasteiger partial charge in [0.1, 0.15) is 0 Å². The van der Waals surface area contributed by atoms with Gasteiger partial charge in [-0.2, -0.15) is 8.42 Å². The van der Waals surface area contributed by atoms with E-state index in [4.69, 9.17) is 4.55 Å². The highest BCUT2D eigenvalue weighted by atomic mass is 32.2. The number of aryl methyl sites for hydroxylation is 1. The molecule has 0 radical (unpaired) electrons. The second kappa shape index (κ2) is 5.32. The first-order valence-corrected chi connectivity index (χ1v) is 6.80. The van der Waals surface area contributed by atoms with Crippen LogP contribution in [-0.4, -0.2) is 31.8 Å². The summed E-state index contributed by atoms with van der Waals surface area (Å²) in [5.74, 6) is -0.241. The molecule has 1 aromatic rings. The Hall–Kier alpha value is -1.07. The Bertz CT molecular complexity index is 425. The first-order chi connectivity index (χ1) is 7.42. The minimum absolute atomic E-state index is 0.241. The lowest BCUT2D eigenvalue weighted by Gasteiger charge is -2.22. The van der Waals surface area contributed by atoms with Crippen LogP contribution in [0.5, 0.6) is 0 Å². The molecule has 0 bridgehead atoms. The van der Waals surface area contributed by atoms with Crippen molar-refractivity contribution >= 4 is 15.8 Å². The van der Waals surface area contributed by atoms with Crippen molar-refractivity contribution in [1.82, 2.24) is 0 Å². The second-order valence-corrected chi connectivity index (χ2v) is 5.27. The van der Waals surface area contributed by atoms with Gasteiger partial charge in [0.05, 0.1) is 5.75 Å². The summed E-state index contributed by atoms with van der Waals surface area (Å²) in [6, 6.07) is 7.85. The van der Waals surface area contributed by atoms with Crippen molar-refractivity contribution in [2.24, 2.45) is 0 Å². The van der Waals surface area contributed by atoms with E-state index >= 15 is 0 Å². The molecule has 16 heavy (non-hydrogen) atoms. The monoisotopic (exact) mass is 243 g/mol. The number of benzene rings is 1. The average Bonchev–Trinajstić information content (AvgIpc) is 2.20. The van der Waals surface area contributed by atoms with Crippen LogP contribution in [0.15, 0.2) is 24.3 Å². The Morgan fingerprint density at radius 1 is 1.25 bits per heavy atom. The predicted octanol–water partition coefficient (Wildman–Crippen LogP) is 1.71. The maximum absolute atomic E-state index is 10.7. The van der Waals surface area contributed by atoms with Crippen molar-refractivity contribution in [3.8, 4) is 0 Å².